The summed E-state index contributed by atoms with van der Waals surface area (Å²) in [5.41, 5.74) is 6.95. The zero-order valence-electron chi connectivity index (χ0n) is 11.1. The van der Waals surface area contributed by atoms with E-state index in [0.717, 1.165) is 26.1 Å². The zero-order chi connectivity index (χ0) is 13.0. The lowest BCUT2D eigenvalue weighted by Gasteiger charge is -2.37. The lowest BCUT2D eigenvalue weighted by molar-refractivity contribution is 0.131. The fourth-order valence-electron chi connectivity index (χ4n) is 2.89. The molecule has 1 aromatic rings. The SMILES string of the molecule is CCC(c1ccc(F)cc1)N1CCC(CN)CC1. The van der Waals surface area contributed by atoms with E-state index < -0.39 is 0 Å². The van der Waals surface area contributed by atoms with Crippen molar-refractivity contribution in [3.63, 3.8) is 0 Å². The number of rotatable bonds is 4. The summed E-state index contributed by atoms with van der Waals surface area (Å²) in [5, 5.41) is 0. The van der Waals surface area contributed by atoms with Gasteiger partial charge in [0.1, 0.15) is 5.82 Å². The summed E-state index contributed by atoms with van der Waals surface area (Å²) < 4.78 is 13.0. The number of piperidine rings is 1. The van der Waals surface area contributed by atoms with E-state index >= 15 is 0 Å². The molecule has 1 unspecified atom stereocenters. The molecule has 0 saturated carbocycles. The van der Waals surface area contributed by atoms with Crippen molar-refractivity contribution in [3.05, 3.63) is 35.6 Å². The number of likely N-dealkylation sites (tertiary alicyclic amines) is 1. The Hall–Kier alpha value is -0.930. The van der Waals surface area contributed by atoms with Gasteiger partial charge in [0.2, 0.25) is 0 Å². The van der Waals surface area contributed by atoms with Gasteiger partial charge >= 0.3 is 0 Å². The molecule has 3 heteroatoms. The number of benzene rings is 1. The van der Waals surface area contributed by atoms with Crippen molar-refractivity contribution in [3.8, 4) is 0 Å². The summed E-state index contributed by atoms with van der Waals surface area (Å²) in [4.78, 5) is 2.51. The first-order valence-corrected chi connectivity index (χ1v) is 6.94. The molecule has 2 nitrogen and oxygen atoms in total. The van der Waals surface area contributed by atoms with Gasteiger partial charge in [0, 0.05) is 6.04 Å². The van der Waals surface area contributed by atoms with E-state index in [1.807, 2.05) is 12.1 Å². The van der Waals surface area contributed by atoms with E-state index in [9.17, 15) is 4.39 Å². The first-order valence-electron chi connectivity index (χ1n) is 6.94. The lowest BCUT2D eigenvalue weighted by Crippen LogP contribution is -2.38. The van der Waals surface area contributed by atoms with Crippen LogP contribution in [0.4, 0.5) is 4.39 Å². The maximum absolute atomic E-state index is 13.0. The van der Waals surface area contributed by atoms with Crippen LogP contribution < -0.4 is 5.73 Å². The van der Waals surface area contributed by atoms with Crippen molar-refractivity contribution < 1.29 is 4.39 Å². The van der Waals surface area contributed by atoms with Crippen molar-refractivity contribution in [2.24, 2.45) is 11.7 Å². The molecule has 1 aliphatic rings. The number of halogens is 1. The minimum absolute atomic E-state index is 0.157. The van der Waals surface area contributed by atoms with Crippen LogP contribution in [0.15, 0.2) is 24.3 Å². The highest BCUT2D eigenvalue weighted by Gasteiger charge is 2.24. The minimum Gasteiger partial charge on any atom is -0.330 e. The van der Waals surface area contributed by atoms with Gasteiger partial charge < -0.3 is 5.73 Å². The smallest absolute Gasteiger partial charge is 0.123 e. The highest BCUT2D eigenvalue weighted by atomic mass is 19.1. The van der Waals surface area contributed by atoms with Gasteiger partial charge in [0.15, 0.2) is 0 Å². The molecule has 0 aliphatic carbocycles. The molecule has 1 heterocycles. The second-order valence-electron chi connectivity index (χ2n) is 5.19. The van der Waals surface area contributed by atoms with Crippen LogP contribution in [0.3, 0.4) is 0 Å². The van der Waals surface area contributed by atoms with E-state index in [0.29, 0.717) is 12.0 Å². The summed E-state index contributed by atoms with van der Waals surface area (Å²) in [5.74, 6) is 0.530. The summed E-state index contributed by atoms with van der Waals surface area (Å²) in [7, 11) is 0. The van der Waals surface area contributed by atoms with E-state index in [4.69, 9.17) is 5.73 Å². The Balaban J connectivity index is 2.03. The Labute approximate surface area is 109 Å². The molecule has 0 spiro atoms. The Kier molecular flexibility index (Phi) is 4.72. The highest BCUT2D eigenvalue weighted by molar-refractivity contribution is 5.20. The van der Waals surface area contributed by atoms with Crippen molar-refractivity contribution in [2.75, 3.05) is 19.6 Å². The fourth-order valence-corrected chi connectivity index (χ4v) is 2.89. The van der Waals surface area contributed by atoms with E-state index in [-0.39, 0.29) is 5.82 Å². The Morgan fingerprint density at radius 2 is 1.89 bits per heavy atom. The van der Waals surface area contributed by atoms with Crippen molar-refractivity contribution >= 4 is 0 Å². The van der Waals surface area contributed by atoms with Gasteiger partial charge in [-0.3, -0.25) is 4.90 Å². The molecule has 0 radical (unpaired) electrons. The van der Waals surface area contributed by atoms with Crippen LogP contribution in [0.25, 0.3) is 0 Å². The van der Waals surface area contributed by atoms with Crippen LogP contribution in [0.1, 0.15) is 37.8 Å². The van der Waals surface area contributed by atoms with Crippen LogP contribution in [0, 0.1) is 11.7 Å². The van der Waals surface area contributed by atoms with Crippen molar-refractivity contribution in [1.29, 1.82) is 0 Å². The van der Waals surface area contributed by atoms with E-state index in [2.05, 4.69) is 11.8 Å². The number of hydrogen-bond acceptors (Lipinski definition) is 2. The summed E-state index contributed by atoms with van der Waals surface area (Å²) in [6, 6.07) is 7.37. The Bertz CT molecular complexity index is 355. The average Bonchev–Trinajstić information content (AvgIpc) is 2.42. The predicted molar refractivity (Wildman–Crippen MR) is 72.8 cm³/mol. The summed E-state index contributed by atoms with van der Waals surface area (Å²) >= 11 is 0. The van der Waals surface area contributed by atoms with Gasteiger partial charge in [-0.25, -0.2) is 4.39 Å². The second-order valence-corrected chi connectivity index (χ2v) is 5.19. The van der Waals surface area contributed by atoms with Crippen LogP contribution in [-0.2, 0) is 0 Å². The van der Waals surface area contributed by atoms with Gasteiger partial charge in [-0.1, -0.05) is 19.1 Å². The molecule has 1 aliphatic heterocycles. The van der Waals surface area contributed by atoms with Crippen LogP contribution in [0.5, 0.6) is 0 Å². The molecular weight excluding hydrogens is 227 g/mol. The molecule has 0 aromatic heterocycles. The largest absolute Gasteiger partial charge is 0.330 e. The maximum atomic E-state index is 13.0. The third-order valence-corrected chi connectivity index (χ3v) is 4.06. The lowest BCUT2D eigenvalue weighted by atomic mass is 9.93. The minimum atomic E-state index is -0.157. The molecule has 1 fully saturated rings. The second kappa shape index (κ2) is 6.30. The molecule has 1 saturated heterocycles. The average molecular weight is 250 g/mol. The van der Waals surface area contributed by atoms with E-state index in [1.165, 1.54) is 18.4 Å². The number of nitrogens with two attached hydrogens (primary N) is 1. The Morgan fingerprint density at radius 3 is 2.39 bits per heavy atom. The molecule has 18 heavy (non-hydrogen) atoms. The van der Waals surface area contributed by atoms with Crippen molar-refractivity contribution in [1.82, 2.24) is 4.90 Å². The normalized spacial score (nSPS) is 19.9. The zero-order valence-corrected chi connectivity index (χ0v) is 11.1. The molecule has 0 bridgehead atoms. The highest BCUT2D eigenvalue weighted by Crippen LogP contribution is 2.28. The van der Waals surface area contributed by atoms with Crippen LogP contribution in [0.2, 0.25) is 0 Å². The summed E-state index contributed by atoms with van der Waals surface area (Å²) in [6.07, 6.45) is 3.45. The third-order valence-electron chi connectivity index (χ3n) is 4.06. The van der Waals surface area contributed by atoms with Gasteiger partial charge in [0.25, 0.3) is 0 Å². The molecular formula is C15H23FN2. The van der Waals surface area contributed by atoms with Gasteiger partial charge in [0.05, 0.1) is 0 Å². The van der Waals surface area contributed by atoms with Gasteiger partial charge in [-0.15, -0.1) is 0 Å². The maximum Gasteiger partial charge on any atom is 0.123 e. The number of hydrogen-bond donors (Lipinski definition) is 1. The summed E-state index contributed by atoms with van der Waals surface area (Å²) in [6.45, 7) is 5.22. The number of nitrogens with zero attached hydrogens (tertiary/aromatic N) is 1. The van der Waals surface area contributed by atoms with Crippen molar-refractivity contribution in [2.45, 2.75) is 32.2 Å². The monoisotopic (exact) mass is 250 g/mol. The Morgan fingerprint density at radius 1 is 1.28 bits per heavy atom. The first-order chi connectivity index (χ1) is 8.74. The molecule has 2 N–H and O–H groups in total. The van der Waals surface area contributed by atoms with Gasteiger partial charge in [-0.05, 0) is 62.5 Å². The first kappa shape index (κ1) is 13.5. The third kappa shape index (κ3) is 3.09. The van der Waals surface area contributed by atoms with Gasteiger partial charge in [-0.2, -0.15) is 0 Å². The fraction of sp³-hybridized carbons (Fsp3) is 0.600. The molecule has 1 aromatic carbocycles. The molecule has 1 atom stereocenters. The quantitative estimate of drug-likeness (QED) is 0.890. The van der Waals surface area contributed by atoms with Crippen LogP contribution >= 0.6 is 0 Å². The molecule has 0 amide bonds. The van der Waals surface area contributed by atoms with E-state index in [1.54, 1.807) is 12.1 Å². The predicted octanol–water partition coefficient (Wildman–Crippen LogP) is 2.95. The standard InChI is InChI=1S/C15H23FN2/c1-2-15(13-3-5-14(16)6-4-13)18-9-7-12(11-17)8-10-18/h3-6,12,15H,2,7-11,17H2,1H3. The molecule has 2 rings (SSSR count). The van der Waals surface area contributed by atoms with Crippen LogP contribution in [-0.4, -0.2) is 24.5 Å². The molecule has 100 valence electrons. The topological polar surface area (TPSA) is 29.3 Å².